The van der Waals surface area contributed by atoms with E-state index in [1.54, 1.807) is 12.4 Å². The fourth-order valence-electron chi connectivity index (χ4n) is 2.51. The molecule has 2 rings (SSSR count). The molecule has 0 aliphatic heterocycles. The number of amides is 1. The summed E-state index contributed by atoms with van der Waals surface area (Å²) in [5.74, 6) is 0.341. The quantitative estimate of drug-likeness (QED) is 0.906. The van der Waals surface area contributed by atoms with Crippen LogP contribution in [0.5, 0.6) is 0 Å². The maximum absolute atomic E-state index is 12.9. The summed E-state index contributed by atoms with van der Waals surface area (Å²) in [6.45, 7) is 8.56. The molecule has 1 heterocycles. The SMILES string of the molecule is CCC(C)C(C)(C)N(C(=O)c1cn[nH]c1)c1ccccc1. The summed E-state index contributed by atoms with van der Waals surface area (Å²) in [7, 11) is 0. The third-order valence-electron chi connectivity index (χ3n) is 4.36. The van der Waals surface area contributed by atoms with Crippen molar-refractivity contribution in [1.29, 1.82) is 0 Å². The number of carbonyl (C=O) groups excluding carboxylic acids is 1. The molecule has 4 nitrogen and oxygen atoms in total. The molecule has 21 heavy (non-hydrogen) atoms. The Kier molecular flexibility index (Phi) is 4.46. The maximum Gasteiger partial charge on any atom is 0.261 e. The first kappa shape index (κ1) is 15.3. The number of aromatic nitrogens is 2. The number of benzene rings is 1. The summed E-state index contributed by atoms with van der Waals surface area (Å²) in [5.41, 5.74) is 1.20. The first-order valence-corrected chi connectivity index (χ1v) is 7.36. The molecular formula is C17H23N3O. The van der Waals surface area contributed by atoms with Crippen LogP contribution < -0.4 is 4.90 Å². The van der Waals surface area contributed by atoms with Crippen molar-refractivity contribution >= 4 is 11.6 Å². The molecule has 4 heteroatoms. The van der Waals surface area contributed by atoms with E-state index in [1.807, 2.05) is 35.2 Å². The smallest absolute Gasteiger partial charge is 0.261 e. The molecule has 2 aromatic rings. The minimum absolute atomic E-state index is 0.0275. The highest BCUT2D eigenvalue weighted by Crippen LogP contribution is 2.33. The number of nitrogens with zero attached hydrogens (tertiary/aromatic N) is 2. The highest BCUT2D eigenvalue weighted by Gasteiger charge is 2.36. The Balaban J connectivity index is 2.47. The molecule has 0 spiro atoms. The van der Waals surface area contributed by atoms with Gasteiger partial charge in [-0.1, -0.05) is 38.5 Å². The molecule has 0 fully saturated rings. The van der Waals surface area contributed by atoms with E-state index >= 15 is 0 Å². The van der Waals surface area contributed by atoms with Crippen LogP contribution >= 0.6 is 0 Å². The fraction of sp³-hybridized carbons (Fsp3) is 0.412. The number of H-pyrrole nitrogens is 1. The molecule has 0 saturated carbocycles. The van der Waals surface area contributed by atoms with Gasteiger partial charge in [0.05, 0.1) is 11.8 Å². The van der Waals surface area contributed by atoms with E-state index in [0.717, 1.165) is 12.1 Å². The number of rotatable bonds is 5. The largest absolute Gasteiger partial charge is 0.302 e. The Morgan fingerprint density at radius 1 is 1.33 bits per heavy atom. The van der Waals surface area contributed by atoms with Crippen molar-refractivity contribution in [2.45, 2.75) is 39.7 Å². The van der Waals surface area contributed by atoms with Crippen LogP contribution in [0.25, 0.3) is 0 Å². The molecule has 1 atom stereocenters. The summed E-state index contributed by atoms with van der Waals surface area (Å²) < 4.78 is 0. The van der Waals surface area contributed by atoms with Crippen LogP contribution in [-0.4, -0.2) is 21.6 Å². The Bertz CT molecular complexity index is 575. The van der Waals surface area contributed by atoms with Gasteiger partial charge < -0.3 is 4.90 Å². The third kappa shape index (κ3) is 2.99. The monoisotopic (exact) mass is 285 g/mol. The molecule has 0 saturated heterocycles. The topological polar surface area (TPSA) is 49.0 Å². The summed E-state index contributed by atoms with van der Waals surface area (Å²) in [6.07, 6.45) is 4.23. The summed E-state index contributed by atoms with van der Waals surface area (Å²) >= 11 is 0. The number of carbonyl (C=O) groups is 1. The van der Waals surface area contributed by atoms with E-state index in [1.165, 1.54) is 0 Å². The van der Waals surface area contributed by atoms with E-state index in [9.17, 15) is 4.79 Å². The summed E-state index contributed by atoms with van der Waals surface area (Å²) in [4.78, 5) is 14.8. The van der Waals surface area contributed by atoms with Crippen molar-refractivity contribution in [3.8, 4) is 0 Å². The highest BCUT2D eigenvalue weighted by atomic mass is 16.2. The molecule has 1 aromatic carbocycles. The van der Waals surface area contributed by atoms with Crippen molar-refractivity contribution in [3.05, 3.63) is 48.3 Å². The number of hydrogen-bond donors (Lipinski definition) is 1. The molecule has 1 amide bonds. The predicted octanol–water partition coefficient (Wildman–Crippen LogP) is 3.88. The molecule has 0 aliphatic rings. The predicted molar refractivity (Wildman–Crippen MR) is 85.4 cm³/mol. The standard InChI is InChI=1S/C17H23N3O/c1-5-13(2)17(3,4)20(15-9-7-6-8-10-15)16(21)14-11-18-19-12-14/h6-13H,5H2,1-4H3,(H,18,19). The van der Waals surface area contributed by atoms with Gasteiger partial charge in [-0.2, -0.15) is 5.10 Å². The summed E-state index contributed by atoms with van der Waals surface area (Å²) in [6, 6.07) is 9.82. The Morgan fingerprint density at radius 3 is 2.52 bits per heavy atom. The van der Waals surface area contributed by atoms with Crippen molar-refractivity contribution in [1.82, 2.24) is 10.2 Å². The zero-order valence-corrected chi connectivity index (χ0v) is 13.1. The lowest BCUT2D eigenvalue weighted by Gasteiger charge is -2.42. The lowest BCUT2D eigenvalue weighted by atomic mass is 9.84. The van der Waals surface area contributed by atoms with Gasteiger partial charge in [0.1, 0.15) is 0 Å². The van der Waals surface area contributed by atoms with Gasteiger partial charge in [0, 0.05) is 17.4 Å². The van der Waals surface area contributed by atoms with Gasteiger partial charge in [-0.15, -0.1) is 0 Å². The van der Waals surface area contributed by atoms with Gasteiger partial charge >= 0.3 is 0 Å². The fourth-order valence-corrected chi connectivity index (χ4v) is 2.51. The van der Waals surface area contributed by atoms with Gasteiger partial charge in [0.15, 0.2) is 0 Å². The Hall–Kier alpha value is -2.10. The van der Waals surface area contributed by atoms with Crippen LogP contribution in [0.2, 0.25) is 0 Å². The molecule has 112 valence electrons. The molecule has 0 bridgehead atoms. The second-order valence-electron chi connectivity index (χ2n) is 5.93. The van der Waals surface area contributed by atoms with Gasteiger partial charge in [-0.05, 0) is 31.9 Å². The average Bonchev–Trinajstić information content (AvgIpc) is 3.01. The number of aromatic amines is 1. The first-order chi connectivity index (χ1) is 9.98. The number of nitrogens with one attached hydrogen (secondary N) is 1. The third-order valence-corrected chi connectivity index (χ3v) is 4.36. The number of anilines is 1. The van der Waals surface area contributed by atoms with E-state index in [4.69, 9.17) is 0 Å². The van der Waals surface area contributed by atoms with Gasteiger partial charge in [0.2, 0.25) is 0 Å². The highest BCUT2D eigenvalue weighted by molar-refractivity contribution is 6.06. The second kappa shape index (κ2) is 6.12. The summed E-state index contributed by atoms with van der Waals surface area (Å²) in [5, 5.41) is 6.61. The van der Waals surface area contributed by atoms with Gasteiger partial charge in [-0.3, -0.25) is 9.89 Å². The van der Waals surface area contributed by atoms with Crippen LogP contribution in [0.4, 0.5) is 5.69 Å². The number of hydrogen-bond acceptors (Lipinski definition) is 2. The minimum Gasteiger partial charge on any atom is -0.302 e. The van der Waals surface area contributed by atoms with Crippen LogP contribution in [0.3, 0.4) is 0 Å². The van der Waals surface area contributed by atoms with Crippen LogP contribution in [-0.2, 0) is 0 Å². The van der Waals surface area contributed by atoms with Crippen LogP contribution in [0.15, 0.2) is 42.7 Å². The van der Waals surface area contributed by atoms with E-state index in [2.05, 4.69) is 37.9 Å². The van der Waals surface area contributed by atoms with Gasteiger partial charge in [-0.25, -0.2) is 0 Å². The van der Waals surface area contributed by atoms with Crippen molar-refractivity contribution in [3.63, 3.8) is 0 Å². The zero-order chi connectivity index (χ0) is 15.5. The van der Waals surface area contributed by atoms with E-state index < -0.39 is 0 Å². The van der Waals surface area contributed by atoms with Crippen LogP contribution in [0, 0.1) is 5.92 Å². The maximum atomic E-state index is 12.9. The lowest BCUT2D eigenvalue weighted by Crippen LogP contribution is -2.52. The Labute approximate surface area is 126 Å². The molecule has 0 aliphatic carbocycles. The Morgan fingerprint density at radius 2 is 2.00 bits per heavy atom. The van der Waals surface area contributed by atoms with E-state index in [0.29, 0.717) is 11.5 Å². The number of para-hydroxylation sites is 1. The molecule has 0 radical (unpaired) electrons. The molecular weight excluding hydrogens is 262 g/mol. The van der Waals surface area contributed by atoms with Crippen molar-refractivity contribution < 1.29 is 4.79 Å². The molecule has 1 aromatic heterocycles. The first-order valence-electron chi connectivity index (χ1n) is 7.36. The van der Waals surface area contributed by atoms with Crippen LogP contribution in [0.1, 0.15) is 44.5 Å². The molecule has 1 unspecified atom stereocenters. The molecule has 1 N–H and O–H groups in total. The lowest BCUT2D eigenvalue weighted by molar-refractivity contribution is 0.0944. The van der Waals surface area contributed by atoms with E-state index in [-0.39, 0.29) is 11.4 Å². The average molecular weight is 285 g/mol. The van der Waals surface area contributed by atoms with Gasteiger partial charge in [0.25, 0.3) is 5.91 Å². The normalized spacial score (nSPS) is 13.0. The van der Waals surface area contributed by atoms with Crippen molar-refractivity contribution in [2.24, 2.45) is 5.92 Å². The minimum atomic E-state index is -0.287. The van der Waals surface area contributed by atoms with Crippen molar-refractivity contribution in [2.75, 3.05) is 4.90 Å². The zero-order valence-electron chi connectivity index (χ0n) is 13.1. The second-order valence-corrected chi connectivity index (χ2v) is 5.93.